The number of fused-ring (bicyclic) bond motifs is 1. The molecule has 0 aliphatic carbocycles. The van der Waals surface area contributed by atoms with Crippen LogP contribution < -0.4 is 14.2 Å². The summed E-state index contributed by atoms with van der Waals surface area (Å²) in [6, 6.07) is 14.2. The van der Waals surface area contributed by atoms with Gasteiger partial charge < -0.3 is 23.8 Å². The Morgan fingerprint density at radius 1 is 1.03 bits per heavy atom. The Morgan fingerprint density at radius 3 is 2.34 bits per heavy atom. The van der Waals surface area contributed by atoms with Crippen molar-refractivity contribution in [3.8, 4) is 17.2 Å². The van der Waals surface area contributed by atoms with E-state index in [-0.39, 0.29) is 23.8 Å². The number of amides is 1. The predicted octanol–water partition coefficient (Wildman–Crippen LogP) is 4.53. The molecule has 1 heterocycles. The molecule has 0 fully saturated rings. The highest BCUT2D eigenvalue weighted by atomic mass is 16.6. The maximum absolute atomic E-state index is 13.8. The highest BCUT2D eigenvalue weighted by Crippen LogP contribution is 2.39. The maximum atomic E-state index is 13.8. The van der Waals surface area contributed by atoms with Crippen molar-refractivity contribution in [2.75, 3.05) is 34.5 Å². The van der Waals surface area contributed by atoms with Crippen LogP contribution in [-0.4, -0.2) is 56.2 Å². The molecule has 38 heavy (non-hydrogen) atoms. The molecule has 0 aromatic heterocycles. The zero-order chi connectivity index (χ0) is 27.4. The van der Waals surface area contributed by atoms with Gasteiger partial charge in [-0.15, -0.1) is 0 Å². The van der Waals surface area contributed by atoms with Gasteiger partial charge in [-0.25, -0.2) is 4.79 Å². The molecule has 4 rings (SSSR count). The Balaban J connectivity index is 1.71. The zero-order valence-electron chi connectivity index (χ0n) is 21.6. The van der Waals surface area contributed by atoms with Crippen LogP contribution in [0.1, 0.15) is 43.4 Å². The molecule has 1 atom stereocenters. The van der Waals surface area contributed by atoms with E-state index in [1.807, 2.05) is 12.1 Å². The first-order valence-electron chi connectivity index (χ1n) is 11.9. The van der Waals surface area contributed by atoms with Gasteiger partial charge in [0.2, 0.25) is 0 Å². The van der Waals surface area contributed by atoms with Gasteiger partial charge in [0, 0.05) is 23.7 Å². The van der Waals surface area contributed by atoms with Gasteiger partial charge in [0.25, 0.3) is 11.6 Å². The molecule has 198 valence electrons. The van der Waals surface area contributed by atoms with E-state index in [0.717, 1.165) is 11.1 Å². The summed E-state index contributed by atoms with van der Waals surface area (Å²) in [5, 5.41) is 11.5. The van der Waals surface area contributed by atoms with E-state index < -0.39 is 16.9 Å². The summed E-state index contributed by atoms with van der Waals surface area (Å²) in [4.78, 5) is 38.2. The van der Waals surface area contributed by atoms with Crippen LogP contribution >= 0.6 is 0 Å². The third-order valence-electron chi connectivity index (χ3n) is 6.68. The smallest absolute Gasteiger partial charge is 0.337 e. The summed E-state index contributed by atoms with van der Waals surface area (Å²) in [5.74, 6) is 0.812. The first-order chi connectivity index (χ1) is 18.3. The molecule has 0 radical (unpaired) electrons. The first-order valence-corrected chi connectivity index (χ1v) is 11.9. The summed E-state index contributed by atoms with van der Waals surface area (Å²) < 4.78 is 21.8. The van der Waals surface area contributed by atoms with Gasteiger partial charge in [-0.1, -0.05) is 6.07 Å². The van der Waals surface area contributed by atoms with E-state index in [2.05, 4.69) is 0 Å². The second-order valence-electron chi connectivity index (χ2n) is 8.70. The number of ether oxygens (including phenoxy) is 4. The average Bonchev–Trinajstić information content (AvgIpc) is 2.94. The van der Waals surface area contributed by atoms with Gasteiger partial charge in [-0.3, -0.25) is 14.9 Å². The number of benzene rings is 3. The number of rotatable bonds is 8. The van der Waals surface area contributed by atoms with Gasteiger partial charge in [-0.2, -0.15) is 0 Å². The van der Waals surface area contributed by atoms with Gasteiger partial charge in [0.05, 0.1) is 37.9 Å². The molecule has 10 nitrogen and oxygen atoms in total. The molecular formula is C28H28N2O8. The van der Waals surface area contributed by atoms with E-state index >= 15 is 0 Å². The monoisotopic (exact) mass is 520 g/mol. The normalized spacial score (nSPS) is 14.3. The lowest BCUT2D eigenvalue weighted by Crippen LogP contribution is -2.42. The molecule has 0 saturated heterocycles. The minimum absolute atomic E-state index is 0.0970. The summed E-state index contributed by atoms with van der Waals surface area (Å²) in [7, 11) is 4.41. The molecular weight excluding hydrogens is 492 g/mol. The minimum Gasteiger partial charge on any atom is -0.493 e. The average molecular weight is 521 g/mol. The Kier molecular flexibility index (Phi) is 7.80. The SMILES string of the molecule is COC(=O)c1ccc(OCC2c3cc(OC)c(OC)cc3CCN2C(=O)c2cccc([N+](=O)[O-])c2C)cc1. The number of nitro benzene ring substituents is 1. The first kappa shape index (κ1) is 26.5. The van der Waals surface area contributed by atoms with Gasteiger partial charge in [0.15, 0.2) is 11.5 Å². The Hall–Kier alpha value is -4.60. The summed E-state index contributed by atoms with van der Waals surface area (Å²) >= 11 is 0. The van der Waals surface area contributed by atoms with Crippen molar-refractivity contribution in [2.45, 2.75) is 19.4 Å². The summed E-state index contributed by atoms with van der Waals surface area (Å²) in [6.07, 6.45) is 0.555. The number of hydrogen-bond acceptors (Lipinski definition) is 8. The highest BCUT2D eigenvalue weighted by Gasteiger charge is 2.34. The minimum atomic E-state index is -0.523. The highest BCUT2D eigenvalue weighted by molar-refractivity contribution is 5.97. The molecule has 0 bridgehead atoms. The Labute approximate surface area is 219 Å². The number of nitrogens with zero attached hydrogens (tertiary/aromatic N) is 2. The number of carbonyl (C=O) groups excluding carboxylic acids is 2. The van der Waals surface area contributed by atoms with E-state index in [0.29, 0.717) is 41.3 Å². The van der Waals surface area contributed by atoms with Crippen LogP contribution in [0.2, 0.25) is 0 Å². The van der Waals surface area contributed by atoms with Crippen LogP contribution in [0, 0.1) is 17.0 Å². The molecule has 0 saturated carbocycles. The molecule has 3 aromatic rings. The van der Waals surface area contributed by atoms with Gasteiger partial charge in [0.1, 0.15) is 12.4 Å². The maximum Gasteiger partial charge on any atom is 0.337 e. The zero-order valence-corrected chi connectivity index (χ0v) is 21.6. The summed E-state index contributed by atoms with van der Waals surface area (Å²) in [5.41, 5.74) is 2.65. The second-order valence-corrected chi connectivity index (χ2v) is 8.70. The number of methoxy groups -OCH3 is 3. The van der Waals surface area contributed by atoms with E-state index in [9.17, 15) is 19.7 Å². The van der Waals surface area contributed by atoms with Crippen LogP contribution in [0.5, 0.6) is 17.2 Å². The molecule has 1 unspecified atom stereocenters. The van der Waals surface area contributed by atoms with Crippen molar-refractivity contribution in [3.63, 3.8) is 0 Å². The van der Waals surface area contributed by atoms with Crippen LogP contribution in [0.25, 0.3) is 0 Å². The van der Waals surface area contributed by atoms with E-state index in [4.69, 9.17) is 18.9 Å². The van der Waals surface area contributed by atoms with Crippen molar-refractivity contribution in [3.05, 3.63) is 92.5 Å². The van der Waals surface area contributed by atoms with Crippen LogP contribution in [-0.2, 0) is 11.2 Å². The molecule has 10 heteroatoms. The number of hydrogen-bond donors (Lipinski definition) is 0. The lowest BCUT2D eigenvalue weighted by molar-refractivity contribution is -0.385. The van der Waals surface area contributed by atoms with Crippen LogP contribution in [0.15, 0.2) is 54.6 Å². The van der Waals surface area contributed by atoms with Crippen molar-refractivity contribution in [1.29, 1.82) is 0 Å². The Morgan fingerprint density at radius 2 is 1.71 bits per heavy atom. The van der Waals surface area contributed by atoms with Crippen molar-refractivity contribution >= 4 is 17.6 Å². The summed E-state index contributed by atoms with van der Waals surface area (Å²) in [6.45, 7) is 2.05. The fourth-order valence-electron chi connectivity index (χ4n) is 4.64. The molecule has 1 aliphatic rings. The second kappa shape index (κ2) is 11.2. The standard InChI is InChI=1S/C28H28N2O8/c1-17-21(6-5-7-23(17)30(33)34)27(31)29-13-12-19-14-25(35-2)26(36-3)15-22(19)24(29)16-38-20-10-8-18(9-11-20)28(32)37-4/h5-11,14-15,24H,12-13,16H2,1-4H3. The quantitative estimate of drug-likeness (QED) is 0.242. The molecule has 3 aromatic carbocycles. The molecule has 1 amide bonds. The number of carbonyl (C=O) groups is 2. The topological polar surface area (TPSA) is 117 Å². The number of nitro groups is 1. The third kappa shape index (κ3) is 5.10. The van der Waals surface area contributed by atoms with Gasteiger partial charge >= 0.3 is 5.97 Å². The largest absolute Gasteiger partial charge is 0.493 e. The van der Waals surface area contributed by atoms with Crippen molar-refractivity contribution in [1.82, 2.24) is 4.90 Å². The van der Waals surface area contributed by atoms with Crippen molar-refractivity contribution < 1.29 is 33.5 Å². The predicted molar refractivity (Wildman–Crippen MR) is 138 cm³/mol. The van der Waals surface area contributed by atoms with Gasteiger partial charge in [-0.05, 0) is 66.9 Å². The third-order valence-corrected chi connectivity index (χ3v) is 6.68. The fraction of sp³-hybridized carbons (Fsp3) is 0.286. The molecule has 0 N–H and O–H groups in total. The van der Waals surface area contributed by atoms with E-state index in [1.165, 1.54) is 26.4 Å². The molecule has 1 aliphatic heterocycles. The van der Waals surface area contributed by atoms with Crippen LogP contribution in [0.3, 0.4) is 0 Å². The van der Waals surface area contributed by atoms with E-state index in [1.54, 1.807) is 49.3 Å². The lowest BCUT2D eigenvalue weighted by atomic mass is 9.91. The molecule has 0 spiro atoms. The van der Waals surface area contributed by atoms with Crippen molar-refractivity contribution in [2.24, 2.45) is 0 Å². The fourth-order valence-corrected chi connectivity index (χ4v) is 4.64. The van der Waals surface area contributed by atoms with Crippen LogP contribution in [0.4, 0.5) is 5.69 Å². The number of esters is 1. The Bertz CT molecular complexity index is 1370. The lowest BCUT2D eigenvalue weighted by Gasteiger charge is -2.38.